The summed E-state index contributed by atoms with van der Waals surface area (Å²) in [6.45, 7) is 6.51. The molecule has 5 nitrogen and oxygen atoms in total. The minimum Gasteiger partial charge on any atom is -0.481 e. The molecule has 2 amide bonds. The fourth-order valence-corrected chi connectivity index (χ4v) is 2.74. The highest BCUT2D eigenvalue weighted by Gasteiger charge is 2.48. The predicted molar refractivity (Wildman–Crippen MR) is 81.3 cm³/mol. The molecule has 1 heterocycles. The molecule has 21 heavy (non-hydrogen) atoms. The number of anilines is 1. The van der Waals surface area contributed by atoms with Crippen LogP contribution in [-0.4, -0.2) is 35.1 Å². The van der Waals surface area contributed by atoms with E-state index in [2.05, 4.69) is 5.32 Å². The van der Waals surface area contributed by atoms with E-state index in [1.165, 1.54) is 0 Å². The molecule has 0 aliphatic carbocycles. The second-order valence-electron chi connectivity index (χ2n) is 6.08. The number of carboxylic acid groups (broad SMARTS) is 1. The zero-order valence-electron chi connectivity index (χ0n) is 12.7. The number of hydrogen-bond acceptors (Lipinski definition) is 2. The lowest BCUT2D eigenvalue weighted by Gasteiger charge is -2.28. The fraction of sp³-hybridized carbons (Fsp3) is 0.500. The first-order valence-corrected chi connectivity index (χ1v) is 7.21. The Morgan fingerprint density at radius 2 is 1.90 bits per heavy atom. The van der Waals surface area contributed by atoms with E-state index in [0.29, 0.717) is 13.0 Å². The molecule has 1 fully saturated rings. The summed E-state index contributed by atoms with van der Waals surface area (Å²) in [7, 11) is 0. The number of nitrogens with zero attached hydrogens (tertiary/aromatic N) is 1. The van der Waals surface area contributed by atoms with Crippen molar-refractivity contribution in [1.29, 1.82) is 0 Å². The van der Waals surface area contributed by atoms with E-state index in [1.54, 1.807) is 4.90 Å². The van der Waals surface area contributed by atoms with Crippen LogP contribution in [0.2, 0.25) is 0 Å². The van der Waals surface area contributed by atoms with E-state index >= 15 is 0 Å². The molecular weight excluding hydrogens is 268 g/mol. The molecule has 1 aromatic carbocycles. The van der Waals surface area contributed by atoms with Gasteiger partial charge in [-0.25, -0.2) is 4.79 Å². The molecule has 1 aliphatic heterocycles. The van der Waals surface area contributed by atoms with E-state index < -0.39 is 11.4 Å². The molecule has 0 aromatic heterocycles. The van der Waals surface area contributed by atoms with E-state index in [1.807, 2.05) is 45.0 Å². The van der Waals surface area contributed by atoms with Crippen molar-refractivity contribution in [3.8, 4) is 0 Å². The molecule has 0 bridgehead atoms. The van der Waals surface area contributed by atoms with Gasteiger partial charge >= 0.3 is 12.0 Å². The molecule has 0 spiro atoms. The number of rotatable bonds is 3. The third-order valence-electron chi connectivity index (χ3n) is 4.42. The van der Waals surface area contributed by atoms with Crippen LogP contribution in [0.5, 0.6) is 0 Å². The third-order valence-corrected chi connectivity index (χ3v) is 4.42. The van der Waals surface area contributed by atoms with Gasteiger partial charge in [-0.3, -0.25) is 4.79 Å². The summed E-state index contributed by atoms with van der Waals surface area (Å²) in [5, 5.41) is 12.3. The van der Waals surface area contributed by atoms with Gasteiger partial charge in [0.2, 0.25) is 0 Å². The Kier molecular flexibility index (Phi) is 4.21. The minimum atomic E-state index is -0.829. The molecule has 5 heteroatoms. The Morgan fingerprint density at radius 1 is 1.29 bits per heavy atom. The molecule has 1 aliphatic rings. The van der Waals surface area contributed by atoms with Gasteiger partial charge in [0, 0.05) is 18.8 Å². The van der Waals surface area contributed by atoms with Crippen LogP contribution >= 0.6 is 0 Å². The van der Waals surface area contributed by atoms with Crippen LogP contribution in [0.4, 0.5) is 10.5 Å². The van der Waals surface area contributed by atoms with Crippen molar-refractivity contribution in [3.63, 3.8) is 0 Å². The highest BCUT2D eigenvalue weighted by Crippen LogP contribution is 2.38. The lowest BCUT2D eigenvalue weighted by Crippen LogP contribution is -2.41. The summed E-state index contributed by atoms with van der Waals surface area (Å²) in [4.78, 5) is 25.4. The topological polar surface area (TPSA) is 69.6 Å². The normalized spacial score (nSPS) is 21.6. The summed E-state index contributed by atoms with van der Waals surface area (Å²) in [5.74, 6) is -0.824. The third kappa shape index (κ3) is 3.01. The van der Waals surface area contributed by atoms with Gasteiger partial charge in [0.05, 0.1) is 5.41 Å². The van der Waals surface area contributed by atoms with Crippen LogP contribution in [0.3, 0.4) is 0 Å². The number of aryl methyl sites for hydroxylation is 1. The average Bonchev–Trinajstić information content (AvgIpc) is 2.88. The second-order valence-corrected chi connectivity index (χ2v) is 6.08. The van der Waals surface area contributed by atoms with E-state index in [4.69, 9.17) is 0 Å². The number of nitrogens with one attached hydrogen (secondary N) is 1. The van der Waals surface area contributed by atoms with Gasteiger partial charge in [0.1, 0.15) is 0 Å². The molecule has 1 unspecified atom stereocenters. The number of urea groups is 1. The first kappa shape index (κ1) is 15.4. The van der Waals surface area contributed by atoms with Crippen LogP contribution in [0.25, 0.3) is 0 Å². The lowest BCUT2D eigenvalue weighted by atomic mass is 9.76. The second kappa shape index (κ2) is 5.76. The van der Waals surface area contributed by atoms with Crippen molar-refractivity contribution in [2.75, 3.05) is 18.4 Å². The molecule has 0 radical (unpaired) electrons. The number of aliphatic carboxylic acids is 1. The fourth-order valence-electron chi connectivity index (χ4n) is 2.74. The van der Waals surface area contributed by atoms with Crippen LogP contribution in [-0.2, 0) is 4.79 Å². The van der Waals surface area contributed by atoms with Gasteiger partial charge in [-0.15, -0.1) is 0 Å². The SMILES string of the molecule is Cc1ccc(NC(=O)N2CCC(C(=O)O)(C(C)C)C2)cc1. The molecule has 2 rings (SSSR count). The number of benzene rings is 1. The molecule has 2 N–H and O–H groups in total. The van der Waals surface area contributed by atoms with Crippen molar-refractivity contribution in [2.45, 2.75) is 27.2 Å². The maximum absolute atomic E-state index is 12.3. The van der Waals surface area contributed by atoms with Gasteiger partial charge in [-0.2, -0.15) is 0 Å². The van der Waals surface area contributed by atoms with Crippen LogP contribution in [0.15, 0.2) is 24.3 Å². The Hall–Kier alpha value is -2.04. The zero-order chi connectivity index (χ0) is 15.6. The molecular formula is C16H22N2O3. The molecule has 1 aromatic rings. The quantitative estimate of drug-likeness (QED) is 0.899. The number of carbonyl (C=O) groups is 2. The Balaban J connectivity index is 2.05. The Morgan fingerprint density at radius 3 is 2.38 bits per heavy atom. The van der Waals surface area contributed by atoms with Crippen LogP contribution in [0, 0.1) is 18.3 Å². The smallest absolute Gasteiger partial charge is 0.321 e. The number of carbonyl (C=O) groups excluding carboxylic acids is 1. The van der Waals surface area contributed by atoms with Gasteiger partial charge in [-0.1, -0.05) is 31.5 Å². The van der Waals surface area contributed by atoms with Gasteiger partial charge < -0.3 is 15.3 Å². The van der Waals surface area contributed by atoms with Crippen molar-refractivity contribution in [2.24, 2.45) is 11.3 Å². The number of carboxylic acids is 1. The van der Waals surface area contributed by atoms with Crippen LogP contribution < -0.4 is 5.32 Å². The van der Waals surface area contributed by atoms with Crippen molar-refractivity contribution < 1.29 is 14.7 Å². The van der Waals surface area contributed by atoms with Gasteiger partial charge in [0.25, 0.3) is 0 Å². The monoisotopic (exact) mass is 290 g/mol. The first-order valence-electron chi connectivity index (χ1n) is 7.21. The molecule has 1 atom stereocenters. The summed E-state index contributed by atoms with van der Waals surface area (Å²) < 4.78 is 0. The van der Waals surface area contributed by atoms with Crippen molar-refractivity contribution in [1.82, 2.24) is 4.90 Å². The number of hydrogen-bond donors (Lipinski definition) is 2. The summed E-state index contributed by atoms with van der Waals surface area (Å²) in [6, 6.07) is 7.30. The largest absolute Gasteiger partial charge is 0.481 e. The standard InChI is InChI=1S/C16H22N2O3/c1-11(2)16(14(19)20)8-9-18(10-16)15(21)17-13-6-4-12(3)5-7-13/h4-7,11H,8-10H2,1-3H3,(H,17,21)(H,19,20). The molecule has 0 saturated carbocycles. The maximum atomic E-state index is 12.3. The molecule has 114 valence electrons. The van der Waals surface area contributed by atoms with Gasteiger partial charge in [0.15, 0.2) is 0 Å². The highest BCUT2D eigenvalue weighted by atomic mass is 16.4. The summed E-state index contributed by atoms with van der Waals surface area (Å²) in [5.41, 5.74) is 1.02. The lowest BCUT2D eigenvalue weighted by molar-refractivity contribution is -0.150. The highest BCUT2D eigenvalue weighted by molar-refractivity contribution is 5.90. The Bertz CT molecular complexity index is 539. The Labute approximate surface area is 125 Å². The average molecular weight is 290 g/mol. The zero-order valence-corrected chi connectivity index (χ0v) is 12.7. The van der Waals surface area contributed by atoms with Crippen LogP contribution in [0.1, 0.15) is 25.8 Å². The molecule has 1 saturated heterocycles. The summed E-state index contributed by atoms with van der Waals surface area (Å²) in [6.07, 6.45) is 0.501. The predicted octanol–water partition coefficient (Wildman–Crippen LogP) is 2.96. The van der Waals surface area contributed by atoms with Gasteiger partial charge in [-0.05, 0) is 31.4 Å². The van der Waals surface area contributed by atoms with E-state index in [-0.39, 0.29) is 18.5 Å². The van der Waals surface area contributed by atoms with E-state index in [0.717, 1.165) is 11.3 Å². The maximum Gasteiger partial charge on any atom is 0.321 e. The van der Waals surface area contributed by atoms with Crippen molar-refractivity contribution >= 4 is 17.7 Å². The first-order chi connectivity index (χ1) is 9.85. The van der Waals surface area contributed by atoms with E-state index in [9.17, 15) is 14.7 Å². The summed E-state index contributed by atoms with van der Waals surface area (Å²) >= 11 is 0. The number of amides is 2. The minimum absolute atomic E-state index is 0.00725. The number of likely N-dealkylation sites (tertiary alicyclic amines) is 1. The van der Waals surface area contributed by atoms with Crippen molar-refractivity contribution in [3.05, 3.63) is 29.8 Å².